The average molecular weight is 357 g/mol. The quantitative estimate of drug-likeness (QED) is 0.672. The van der Waals surface area contributed by atoms with Crippen LogP contribution in [0.2, 0.25) is 0 Å². The van der Waals surface area contributed by atoms with Gasteiger partial charge in [-0.05, 0) is 44.5 Å². The molecule has 1 heterocycles. The molecule has 0 bridgehead atoms. The van der Waals surface area contributed by atoms with E-state index in [0.717, 1.165) is 24.3 Å². The molecular formula is C19H27N5O2. The van der Waals surface area contributed by atoms with E-state index in [2.05, 4.69) is 58.4 Å². The molecule has 140 valence electrons. The van der Waals surface area contributed by atoms with Gasteiger partial charge in [0.25, 0.3) is 5.91 Å². The van der Waals surface area contributed by atoms with Gasteiger partial charge in [0, 0.05) is 44.2 Å². The van der Waals surface area contributed by atoms with E-state index in [-0.39, 0.29) is 5.91 Å². The number of nitrogens with one attached hydrogen (secondary N) is 2. The number of aromatic nitrogens is 2. The van der Waals surface area contributed by atoms with Crippen molar-refractivity contribution < 1.29 is 9.53 Å². The van der Waals surface area contributed by atoms with Crippen molar-refractivity contribution in [3.8, 4) is 0 Å². The van der Waals surface area contributed by atoms with Gasteiger partial charge in [-0.25, -0.2) is 9.97 Å². The van der Waals surface area contributed by atoms with Crippen LogP contribution in [0.5, 0.6) is 0 Å². The Morgan fingerprint density at radius 3 is 2.62 bits per heavy atom. The van der Waals surface area contributed by atoms with Gasteiger partial charge in [-0.1, -0.05) is 0 Å². The van der Waals surface area contributed by atoms with Crippen molar-refractivity contribution in [1.29, 1.82) is 0 Å². The smallest absolute Gasteiger partial charge is 0.270 e. The van der Waals surface area contributed by atoms with Gasteiger partial charge in [-0.2, -0.15) is 0 Å². The molecule has 7 heteroatoms. The monoisotopic (exact) mass is 357 g/mol. The number of anilines is 3. The molecule has 1 aromatic carbocycles. The van der Waals surface area contributed by atoms with Crippen molar-refractivity contribution in [2.24, 2.45) is 0 Å². The zero-order valence-electron chi connectivity index (χ0n) is 15.9. The van der Waals surface area contributed by atoms with Gasteiger partial charge >= 0.3 is 0 Å². The Hall–Kier alpha value is -2.67. The van der Waals surface area contributed by atoms with Crippen LogP contribution in [-0.2, 0) is 4.74 Å². The topological polar surface area (TPSA) is 79.4 Å². The third-order valence-electron chi connectivity index (χ3n) is 4.09. The predicted molar refractivity (Wildman–Crippen MR) is 104 cm³/mol. The molecule has 2 N–H and O–H groups in total. The Labute approximate surface area is 154 Å². The number of aryl methyl sites for hydroxylation is 1. The Morgan fingerprint density at radius 1 is 1.19 bits per heavy atom. The zero-order chi connectivity index (χ0) is 18.9. The minimum absolute atomic E-state index is 0.249. The van der Waals surface area contributed by atoms with E-state index in [1.54, 1.807) is 13.2 Å². The number of hydrogen-bond donors (Lipinski definition) is 2. The lowest BCUT2D eigenvalue weighted by atomic mass is 10.1. The van der Waals surface area contributed by atoms with Gasteiger partial charge in [-0.15, -0.1) is 0 Å². The zero-order valence-corrected chi connectivity index (χ0v) is 15.9. The number of methoxy groups -OCH3 is 1. The molecule has 0 aliphatic carbocycles. The number of ether oxygens (including phenoxy) is 1. The molecule has 1 aromatic heterocycles. The summed E-state index contributed by atoms with van der Waals surface area (Å²) >= 11 is 0. The van der Waals surface area contributed by atoms with E-state index in [0.29, 0.717) is 24.7 Å². The van der Waals surface area contributed by atoms with E-state index in [4.69, 9.17) is 4.74 Å². The molecule has 0 spiro atoms. The van der Waals surface area contributed by atoms with Gasteiger partial charge in [0.1, 0.15) is 17.8 Å². The number of amides is 1. The first-order valence-electron chi connectivity index (χ1n) is 8.80. The van der Waals surface area contributed by atoms with Crippen molar-refractivity contribution in [2.45, 2.75) is 20.8 Å². The van der Waals surface area contributed by atoms with Crippen LogP contribution in [0.4, 0.5) is 17.2 Å². The SMILES string of the molecule is CCN(CC)c1ccc(Nc2cc(C(=O)NCCOC)ncn2)c(C)c1. The maximum Gasteiger partial charge on any atom is 0.270 e. The molecule has 2 rings (SSSR count). The van der Waals surface area contributed by atoms with E-state index in [9.17, 15) is 4.79 Å². The molecule has 0 atom stereocenters. The van der Waals surface area contributed by atoms with Crippen molar-refractivity contribution in [2.75, 3.05) is 43.6 Å². The minimum atomic E-state index is -0.249. The van der Waals surface area contributed by atoms with Gasteiger partial charge in [0.05, 0.1) is 6.61 Å². The Kier molecular flexibility index (Phi) is 7.35. The van der Waals surface area contributed by atoms with Crippen LogP contribution in [0.3, 0.4) is 0 Å². The summed E-state index contributed by atoms with van der Waals surface area (Å²) in [4.78, 5) is 22.6. The van der Waals surface area contributed by atoms with Crippen molar-refractivity contribution >= 4 is 23.1 Å². The first kappa shape index (κ1) is 19.7. The molecule has 0 radical (unpaired) electrons. The largest absolute Gasteiger partial charge is 0.383 e. The second-order valence-corrected chi connectivity index (χ2v) is 5.83. The van der Waals surface area contributed by atoms with Crippen molar-refractivity contribution in [1.82, 2.24) is 15.3 Å². The summed E-state index contributed by atoms with van der Waals surface area (Å²) in [6, 6.07) is 7.90. The molecule has 0 aliphatic rings. The molecule has 0 saturated heterocycles. The van der Waals surface area contributed by atoms with Crippen LogP contribution in [0.25, 0.3) is 0 Å². The lowest BCUT2D eigenvalue weighted by molar-refractivity contribution is 0.0932. The van der Waals surface area contributed by atoms with Gasteiger partial charge in [0.2, 0.25) is 0 Å². The number of nitrogens with zero attached hydrogens (tertiary/aromatic N) is 3. The third-order valence-corrected chi connectivity index (χ3v) is 4.09. The molecule has 0 fully saturated rings. The van der Waals surface area contributed by atoms with E-state index in [1.807, 2.05) is 6.07 Å². The summed E-state index contributed by atoms with van der Waals surface area (Å²) in [7, 11) is 1.59. The summed E-state index contributed by atoms with van der Waals surface area (Å²) in [6.45, 7) is 9.17. The molecule has 2 aromatic rings. The van der Waals surface area contributed by atoms with Crippen LogP contribution in [0, 0.1) is 6.92 Å². The van der Waals surface area contributed by atoms with Crippen molar-refractivity contribution in [3.05, 3.63) is 41.9 Å². The molecule has 1 amide bonds. The molecule has 26 heavy (non-hydrogen) atoms. The molecule has 0 saturated carbocycles. The van der Waals surface area contributed by atoms with Gasteiger partial charge in [0.15, 0.2) is 0 Å². The average Bonchev–Trinajstić information content (AvgIpc) is 2.65. The standard InChI is InChI=1S/C19H27N5O2/c1-5-24(6-2)15-7-8-16(14(3)11-15)23-18-12-17(21-13-22-18)19(25)20-9-10-26-4/h7-8,11-13H,5-6,9-10H2,1-4H3,(H,20,25)(H,21,22,23). The predicted octanol–water partition coefficient (Wildman–Crippen LogP) is 2.75. The first-order valence-corrected chi connectivity index (χ1v) is 8.80. The van der Waals surface area contributed by atoms with Gasteiger partial charge in [-0.3, -0.25) is 4.79 Å². The van der Waals surface area contributed by atoms with Crippen LogP contribution in [0.1, 0.15) is 29.9 Å². The molecule has 0 aliphatic heterocycles. The summed E-state index contributed by atoms with van der Waals surface area (Å²) in [6.07, 6.45) is 1.38. The number of carbonyl (C=O) groups excluding carboxylic acids is 1. The highest BCUT2D eigenvalue weighted by atomic mass is 16.5. The van der Waals surface area contributed by atoms with E-state index in [1.165, 1.54) is 12.0 Å². The second kappa shape index (κ2) is 9.72. The number of benzene rings is 1. The Bertz CT molecular complexity index is 732. The number of hydrogen-bond acceptors (Lipinski definition) is 6. The highest BCUT2D eigenvalue weighted by Crippen LogP contribution is 2.25. The van der Waals surface area contributed by atoms with Gasteiger partial charge < -0.3 is 20.3 Å². The normalized spacial score (nSPS) is 10.5. The van der Waals surface area contributed by atoms with Crippen LogP contribution in [0.15, 0.2) is 30.6 Å². The fourth-order valence-electron chi connectivity index (χ4n) is 2.62. The highest BCUT2D eigenvalue weighted by molar-refractivity contribution is 5.93. The number of carbonyl (C=O) groups is 1. The molecule has 7 nitrogen and oxygen atoms in total. The second-order valence-electron chi connectivity index (χ2n) is 5.83. The van der Waals surface area contributed by atoms with E-state index < -0.39 is 0 Å². The lowest BCUT2D eigenvalue weighted by Gasteiger charge is -2.22. The van der Waals surface area contributed by atoms with Crippen LogP contribution in [-0.4, -0.2) is 49.2 Å². The lowest BCUT2D eigenvalue weighted by Crippen LogP contribution is -2.27. The Morgan fingerprint density at radius 2 is 1.96 bits per heavy atom. The molecular weight excluding hydrogens is 330 g/mol. The fourth-order valence-corrected chi connectivity index (χ4v) is 2.62. The first-order chi connectivity index (χ1) is 12.6. The maximum atomic E-state index is 12.1. The summed E-state index contributed by atoms with van der Waals surface area (Å²) in [5.41, 5.74) is 3.57. The highest BCUT2D eigenvalue weighted by Gasteiger charge is 2.10. The number of rotatable bonds is 9. The van der Waals surface area contributed by atoms with Crippen LogP contribution >= 0.6 is 0 Å². The molecule has 0 unspecified atom stereocenters. The van der Waals surface area contributed by atoms with Crippen molar-refractivity contribution in [3.63, 3.8) is 0 Å². The van der Waals surface area contributed by atoms with Crippen LogP contribution < -0.4 is 15.5 Å². The minimum Gasteiger partial charge on any atom is -0.383 e. The summed E-state index contributed by atoms with van der Waals surface area (Å²) in [5.74, 6) is 0.330. The van der Waals surface area contributed by atoms with E-state index >= 15 is 0 Å². The fraction of sp³-hybridized carbons (Fsp3) is 0.421. The summed E-state index contributed by atoms with van der Waals surface area (Å²) < 4.78 is 4.92. The Balaban J connectivity index is 2.11. The third kappa shape index (κ3) is 5.16. The maximum absolute atomic E-state index is 12.1. The summed E-state index contributed by atoms with van der Waals surface area (Å²) in [5, 5.41) is 6.01.